The molecule has 3 aromatic heterocycles. The lowest BCUT2D eigenvalue weighted by Gasteiger charge is -2.09. The minimum atomic E-state index is -0.866. The maximum atomic E-state index is 12.4. The van der Waals surface area contributed by atoms with Gasteiger partial charge in [-0.1, -0.05) is 11.6 Å². The van der Waals surface area contributed by atoms with E-state index in [4.69, 9.17) is 22.1 Å². The zero-order chi connectivity index (χ0) is 21.1. The van der Waals surface area contributed by atoms with E-state index in [9.17, 15) is 14.4 Å². The molecule has 3 N–H and O–H groups in total. The highest BCUT2D eigenvalue weighted by Crippen LogP contribution is 2.23. The van der Waals surface area contributed by atoms with Crippen LogP contribution in [-0.2, 0) is 9.53 Å². The second-order valence-corrected chi connectivity index (χ2v) is 7.31. The van der Waals surface area contributed by atoms with Crippen LogP contribution in [0.25, 0.3) is 5.82 Å². The van der Waals surface area contributed by atoms with Crippen LogP contribution in [0.2, 0.25) is 5.02 Å². The van der Waals surface area contributed by atoms with Gasteiger partial charge in [-0.15, -0.1) is 11.3 Å². The Morgan fingerprint density at radius 1 is 1.28 bits per heavy atom. The largest absolute Gasteiger partial charge is 0.451 e. The molecule has 0 radical (unpaired) electrons. The van der Waals surface area contributed by atoms with Crippen molar-refractivity contribution in [3.05, 3.63) is 57.3 Å². The second kappa shape index (κ2) is 8.41. The van der Waals surface area contributed by atoms with Gasteiger partial charge >= 0.3 is 5.97 Å². The molecule has 0 saturated heterocycles. The fourth-order valence-corrected chi connectivity index (χ4v) is 3.51. The van der Waals surface area contributed by atoms with E-state index in [0.29, 0.717) is 5.82 Å². The van der Waals surface area contributed by atoms with E-state index < -0.39 is 24.4 Å². The minimum absolute atomic E-state index is 0.0787. The SMILES string of the molecule is Cc1cc(C)n(-c2ccc(Cl)c(C(=O)OCC(=O)Nc3sccc3C(N)=O)n2)n1. The zero-order valence-corrected chi connectivity index (χ0v) is 17.0. The predicted molar refractivity (Wildman–Crippen MR) is 108 cm³/mol. The monoisotopic (exact) mass is 433 g/mol. The summed E-state index contributed by atoms with van der Waals surface area (Å²) in [6.45, 7) is 3.10. The van der Waals surface area contributed by atoms with Crippen molar-refractivity contribution >= 4 is 45.7 Å². The number of aryl methyl sites for hydroxylation is 2. The van der Waals surface area contributed by atoms with Crippen LogP contribution in [0.4, 0.5) is 5.00 Å². The number of aromatic nitrogens is 3. The summed E-state index contributed by atoms with van der Waals surface area (Å²) in [6, 6.07) is 6.47. The maximum Gasteiger partial charge on any atom is 0.359 e. The van der Waals surface area contributed by atoms with Crippen LogP contribution in [0.1, 0.15) is 32.2 Å². The molecule has 11 heteroatoms. The van der Waals surface area contributed by atoms with E-state index >= 15 is 0 Å². The van der Waals surface area contributed by atoms with E-state index in [-0.39, 0.29) is 21.3 Å². The van der Waals surface area contributed by atoms with Crippen molar-refractivity contribution < 1.29 is 19.1 Å². The molecular weight excluding hydrogens is 418 g/mol. The summed E-state index contributed by atoms with van der Waals surface area (Å²) in [5.74, 6) is -1.78. The van der Waals surface area contributed by atoms with Gasteiger partial charge in [-0.2, -0.15) is 5.10 Å². The van der Waals surface area contributed by atoms with Crippen LogP contribution in [0.5, 0.6) is 0 Å². The van der Waals surface area contributed by atoms with Gasteiger partial charge in [0, 0.05) is 5.69 Å². The molecule has 2 amide bonds. The summed E-state index contributed by atoms with van der Waals surface area (Å²) >= 11 is 7.19. The number of anilines is 1. The molecule has 0 aliphatic heterocycles. The molecule has 0 aromatic carbocycles. The quantitative estimate of drug-likeness (QED) is 0.574. The zero-order valence-electron chi connectivity index (χ0n) is 15.4. The average molecular weight is 434 g/mol. The van der Waals surface area contributed by atoms with Crippen molar-refractivity contribution in [2.75, 3.05) is 11.9 Å². The van der Waals surface area contributed by atoms with Gasteiger partial charge in [-0.25, -0.2) is 14.5 Å². The summed E-state index contributed by atoms with van der Waals surface area (Å²) in [5, 5.41) is 8.75. The standard InChI is InChI=1S/C18H16ClN5O4S/c1-9-7-10(2)24(23-9)13-4-3-12(19)15(21-13)18(27)28-8-14(25)22-17-11(16(20)26)5-6-29-17/h3-7H,8H2,1-2H3,(H2,20,26)(H,22,25). The number of nitrogens with zero attached hydrogens (tertiary/aromatic N) is 3. The Morgan fingerprint density at radius 2 is 2.03 bits per heavy atom. The summed E-state index contributed by atoms with van der Waals surface area (Å²) in [4.78, 5) is 39.9. The van der Waals surface area contributed by atoms with Gasteiger partial charge in [0.25, 0.3) is 11.8 Å². The number of primary amides is 1. The molecule has 0 fully saturated rings. The summed E-state index contributed by atoms with van der Waals surface area (Å²) in [5.41, 5.74) is 6.89. The molecule has 0 aliphatic rings. The number of carbonyl (C=O) groups is 3. The number of hydrogen-bond donors (Lipinski definition) is 2. The first-order valence-corrected chi connectivity index (χ1v) is 9.56. The molecule has 29 heavy (non-hydrogen) atoms. The van der Waals surface area contributed by atoms with Crippen LogP contribution in [0, 0.1) is 13.8 Å². The molecular formula is C18H16ClN5O4S. The number of ether oxygens (including phenoxy) is 1. The van der Waals surface area contributed by atoms with Crippen LogP contribution in [0.15, 0.2) is 29.6 Å². The maximum absolute atomic E-state index is 12.4. The van der Waals surface area contributed by atoms with Gasteiger partial charge < -0.3 is 15.8 Å². The lowest BCUT2D eigenvalue weighted by molar-refractivity contribution is -0.119. The fraction of sp³-hybridized carbons (Fsp3) is 0.167. The van der Waals surface area contributed by atoms with Gasteiger partial charge in [0.1, 0.15) is 5.00 Å². The number of nitrogens with two attached hydrogens (primary N) is 1. The number of halogens is 1. The van der Waals surface area contributed by atoms with Gasteiger partial charge in [0.15, 0.2) is 18.1 Å². The molecule has 0 bridgehead atoms. The molecule has 150 valence electrons. The van der Waals surface area contributed by atoms with E-state index in [1.165, 1.54) is 12.1 Å². The van der Waals surface area contributed by atoms with Crippen molar-refractivity contribution in [2.24, 2.45) is 5.73 Å². The molecule has 0 aliphatic carbocycles. The van der Waals surface area contributed by atoms with Crippen LogP contribution >= 0.6 is 22.9 Å². The third kappa shape index (κ3) is 4.61. The molecule has 3 rings (SSSR count). The number of thiophene rings is 1. The Morgan fingerprint density at radius 3 is 2.69 bits per heavy atom. The third-order valence-electron chi connectivity index (χ3n) is 3.77. The number of pyridine rings is 1. The van der Waals surface area contributed by atoms with Gasteiger partial charge in [-0.3, -0.25) is 9.59 Å². The number of amides is 2. The molecule has 3 aromatic rings. The Kier molecular flexibility index (Phi) is 5.95. The molecule has 0 saturated carbocycles. The molecule has 0 spiro atoms. The lowest BCUT2D eigenvalue weighted by atomic mass is 10.3. The number of carbonyl (C=O) groups excluding carboxylic acids is 3. The molecule has 0 unspecified atom stereocenters. The van der Waals surface area contributed by atoms with E-state index in [2.05, 4.69) is 15.4 Å². The highest BCUT2D eigenvalue weighted by atomic mass is 35.5. The Balaban J connectivity index is 1.70. The number of esters is 1. The van der Waals surface area contributed by atoms with Crippen LogP contribution < -0.4 is 11.1 Å². The Bertz CT molecular complexity index is 1110. The molecule has 3 heterocycles. The molecule has 9 nitrogen and oxygen atoms in total. The first kappa shape index (κ1) is 20.5. The Hall–Kier alpha value is -3.24. The van der Waals surface area contributed by atoms with Crippen molar-refractivity contribution in [3.8, 4) is 5.82 Å². The summed E-state index contributed by atoms with van der Waals surface area (Å²) in [7, 11) is 0. The minimum Gasteiger partial charge on any atom is -0.451 e. The van der Waals surface area contributed by atoms with E-state index in [1.807, 2.05) is 19.9 Å². The van der Waals surface area contributed by atoms with E-state index in [0.717, 1.165) is 22.7 Å². The molecule has 0 atom stereocenters. The van der Waals surface area contributed by atoms with Gasteiger partial charge in [-0.05, 0) is 43.5 Å². The topological polar surface area (TPSA) is 129 Å². The van der Waals surface area contributed by atoms with Crippen LogP contribution in [0.3, 0.4) is 0 Å². The Labute approximate surface area is 174 Å². The summed E-state index contributed by atoms with van der Waals surface area (Å²) < 4.78 is 6.57. The predicted octanol–water partition coefficient (Wildman–Crippen LogP) is 2.49. The van der Waals surface area contributed by atoms with E-state index in [1.54, 1.807) is 16.1 Å². The number of nitrogens with one attached hydrogen (secondary N) is 1. The van der Waals surface area contributed by atoms with Crippen molar-refractivity contribution in [2.45, 2.75) is 13.8 Å². The average Bonchev–Trinajstić information content (AvgIpc) is 3.26. The van der Waals surface area contributed by atoms with Crippen molar-refractivity contribution in [3.63, 3.8) is 0 Å². The summed E-state index contributed by atoms with van der Waals surface area (Å²) in [6.07, 6.45) is 0. The lowest BCUT2D eigenvalue weighted by Crippen LogP contribution is -2.23. The van der Waals surface area contributed by atoms with Gasteiger partial charge in [0.05, 0.1) is 16.3 Å². The highest BCUT2D eigenvalue weighted by Gasteiger charge is 2.19. The highest BCUT2D eigenvalue weighted by molar-refractivity contribution is 7.14. The third-order valence-corrected chi connectivity index (χ3v) is 4.90. The van der Waals surface area contributed by atoms with Crippen molar-refractivity contribution in [1.29, 1.82) is 0 Å². The number of rotatable bonds is 6. The first-order chi connectivity index (χ1) is 13.8. The first-order valence-electron chi connectivity index (χ1n) is 8.30. The smallest absolute Gasteiger partial charge is 0.359 e. The van der Waals surface area contributed by atoms with Crippen molar-refractivity contribution in [1.82, 2.24) is 14.8 Å². The van der Waals surface area contributed by atoms with Crippen LogP contribution in [-0.4, -0.2) is 39.2 Å². The van der Waals surface area contributed by atoms with Gasteiger partial charge in [0.2, 0.25) is 0 Å². The second-order valence-electron chi connectivity index (χ2n) is 5.99. The normalized spacial score (nSPS) is 10.6. The number of hydrogen-bond acceptors (Lipinski definition) is 7. The fourth-order valence-electron chi connectivity index (χ4n) is 2.52.